The monoisotopic (exact) mass is 253 g/mol. The van der Waals surface area contributed by atoms with Crippen molar-refractivity contribution in [3.63, 3.8) is 0 Å². The van der Waals surface area contributed by atoms with Gasteiger partial charge >= 0.3 is 5.97 Å². The minimum absolute atomic E-state index is 0.270. The number of rotatable bonds is 5. The van der Waals surface area contributed by atoms with E-state index in [0.717, 1.165) is 12.0 Å². The molecular formula is C13H19NO4. The Morgan fingerprint density at radius 2 is 2.11 bits per heavy atom. The number of benzene rings is 1. The van der Waals surface area contributed by atoms with Crippen LogP contribution in [0.1, 0.15) is 30.6 Å². The zero-order chi connectivity index (χ0) is 13.7. The molecule has 0 amide bonds. The summed E-state index contributed by atoms with van der Waals surface area (Å²) in [6, 6.07) is 5.28. The molecule has 1 rings (SSSR count). The number of anilines is 1. The van der Waals surface area contributed by atoms with Crippen LogP contribution in [0.4, 0.5) is 5.69 Å². The lowest BCUT2D eigenvalue weighted by Crippen LogP contribution is -2.23. The summed E-state index contributed by atoms with van der Waals surface area (Å²) in [6.07, 6.45) is -1.90. The van der Waals surface area contributed by atoms with Crippen molar-refractivity contribution in [2.24, 2.45) is 0 Å². The van der Waals surface area contributed by atoms with E-state index in [9.17, 15) is 15.0 Å². The van der Waals surface area contributed by atoms with E-state index < -0.39 is 18.2 Å². The van der Waals surface area contributed by atoms with Crippen LogP contribution < -0.4 is 5.73 Å². The standard InChI is InChI=1S/C13H19NO4/c1-3-8-4-5-10(14)9(6-8)13(17)11(15)7-12(16)18-2/h4-6,11,13,15,17H,3,7,14H2,1-2H3. The quantitative estimate of drug-likeness (QED) is 0.533. The molecule has 0 bridgehead atoms. The molecule has 0 spiro atoms. The van der Waals surface area contributed by atoms with Gasteiger partial charge in [-0.3, -0.25) is 4.79 Å². The second-order valence-corrected chi connectivity index (χ2v) is 4.11. The van der Waals surface area contributed by atoms with Gasteiger partial charge in [0.1, 0.15) is 6.10 Å². The van der Waals surface area contributed by atoms with Crippen molar-refractivity contribution in [1.29, 1.82) is 0 Å². The minimum atomic E-state index is -1.23. The van der Waals surface area contributed by atoms with Gasteiger partial charge in [0.2, 0.25) is 0 Å². The van der Waals surface area contributed by atoms with Crippen molar-refractivity contribution in [3.05, 3.63) is 29.3 Å². The van der Waals surface area contributed by atoms with Crippen molar-refractivity contribution < 1.29 is 19.7 Å². The first-order valence-electron chi connectivity index (χ1n) is 5.80. The Morgan fingerprint density at radius 1 is 1.44 bits per heavy atom. The number of ether oxygens (including phenoxy) is 1. The van der Waals surface area contributed by atoms with Crippen molar-refractivity contribution in [2.75, 3.05) is 12.8 Å². The molecule has 0 heterocycles. The lowest BCUT2D eigenvalue weighted by molar-refractivity contribution is -0.144. The molecule has 0 aliphatic heterocycles. The first kappa shape index (κ1) is 14.5. The first-order chi connectivity index (χ1) is 8.49. The fourth-order valence-corrected chi connectivity index (χ4v) is 1.67. The molecule has 0 saturated carbocycles. The maximum atomic E-state index is 11.0. The number of aliphatic hydroxyl groups excluding tert-OH is 2. The van der Waals surface area contributed by atoms with Gasteiger partial charge in [-0.25, -0.2) is 0 Å². The van der Waals surface area contributed by atoms with E-state index in [4.69, 9.17) is 5.73 Å². The number of nitrogens with two attached hydrogens (primary N) is 1. The van der Waals surface area contributed by atoms with Crippen molar-refractivity contribution in [3.8, 4) is 0 Å². The number of hydrogen-bond donors (Lipinski definition) is 3. The summed E-state index contributed by atoms with van der Waals surface area (Å²) in [6.45, 7) is 1.98. The Morgan fingerprint density at radius 3 is 2.67 bits per heavy atom. The average Bonchev–Trinajstić information content (AvgIpc) is 2.38. The number of aliphatic hydroxyl groups is 2. The van der Waals surface area contributed by atoms with Gasteiger partial charge in [0.15, 0.2) is 0 Å². The Kier molecular flexibility index (Phi) is 5.12. The summed E-state index contributed by atoms with van der Waals surface area (Å²) in [5.74, 6) is -0.577. The number of esters is 1. The van der Waals surface area contributed by atoms with Crippen LogP contribution in [0.3, 0.4) is 0 Å². The number of nitrogen functional groups attached to an aromatic ring is 1. The number of hydrogen-bond acceptors (Lipinski definition) is 5. The molecule has 0 saturated heterocycles. The predicted molar refractivity (Wildman–Crippen MR) is 67.8 cm³/mol. The molecule has 2 unspecified atom stereocenters. The van der Waals surface area contributed by atoms with E-state index in [1.54, 1.807) is 12.1 Å². The van der Waals surface area contributed by atoms with Crippen LogP contribution in [-0.2, 0) is 16.0 Å². The van der Waals surface area contributed by atoms with E-state index >= 15 is 0 Å². The highest BCUT2D eigenvalue weighted by atomic mass is 16.5. The van der Waals surface area contributed by atoms with Crippen molar-refractivity contribution in [2.45, 2.75) is 32.0 Å². The first-order valence-corrected chi connectivity index (χ1v) is 5.80. The Hall–Kier alpha value is -1.59. The molecule has 0 aromatic heterocycles. The highest BCUT2D eigenvalue weighted by Crippen LogP contribution is 2.26. The van der Waals surface area contributed by atoms with Gasteiger partial charge in [-0.2, -0.15) is 0 Å². The number of carbonyl (C=O) groups excluding carboxylic acids is 1. The molecule has 0 fully saturated rings. The van der Waals surface area contributed by atoms with Crippen molar-refractivity contribution >= 4 is 11.7 Å². The van der Waals surface area contributed by atoms with Crippen LogP contribution in [0.2, 0.25) is 0 Å². The molecular weight excluding hydrogens is 234 g/mol. The van der Waals surface area contributed by atoms with E-state index in [-0.39, 0.29) is 6.42 Å². The average molecular weight is 253 g/mol. The predicted octanol–water partition coefficient (Wildman–Crippen LogP) is 0.789. The molecule has 2 atom stereocenters. The van der Waals surface area contributed by atoms with E-state index in [1.807, 2.05) is 13.0 Å². The number of methoxy groups -OCH3 is 1. The van der Waals surface area contributed by atoms with Crippen LogP contribution in [0.5, 0.6) is 0 Å². The molecule has 5 heteroatoms. The lowest BCUT2D eigenvalue weighted by atomic mass is 9.97. The molecule has 0 radical (unpaired) electrons. The normalized spacial score (nSPS) is 14.0. The van der Waals surface area contributed by atoms with Gasteiger partial charge in [0, 0.05) is 11.3 Å². The molecule has 1 aromatic carbocycles. The van der Waals surface area contributed by atoms with E-state index in [0.29, 0.717) is 11.3 Å². The topological polar surface area (TPSA) is 92.8 Å². The maximum Gasteiger partial charge on any atom is 0.308 e. The van der Waals surface area contributed by atoms with E-state index in [2.05, 4.69) is 4.74 Å². The van der Waals surface area contributed by atoms with Gasteiger partial charge in [0.25, 0.3) is 0 Å². The van der Waals surface area contributed by atoms with Crippen LogP contribution >= 0.6 is 0 Å². The van der Waals surface area contributed by atoms with Crippen molar-refractivity contribution in [1.82, 2.24) is 0 Å². The fourth-order valence-electron chi connectivity index (χ4n) is 1.67. The SMILES string of the molecule is CCc1ccc(N)c(C(O)C(O)CC(=O)OC)c1. The molecule has 0 aliphatic carbocycles. The second kappa shape index (κ2) is 6.37. The van der Waals surface area contributed by atoms with Gasteiger partial charge in [-0.1, -0.05) is 19.1 Å². The van der Waals surface area contributed by atoms with Crippen LogP contribution in [0.25, 0.3) is 0 Å². The minimum Gasteiger partial charge on any atom is -0.469 e. The molecule has 1 aromatic rings. The smallest absolute Gasteiger partial charge is 0.308 e. The summed E-state index contributed by atoms with van der Waals surface area (Å²) in [7, 11) is 1.23. The Balaban J connectivity index is 2.88. The zero-order valence-corrected chi connectivity index (χ0v) is 10.6. The molecule has 4 N–H and O–H groups in total. The number of aryl methyl sites for hydroxylation is 1. The fraction of sp³-hybridized carbons (Fsp3) is 0.462. The third-order valence-corrected chi connectivity index (χ3v) is 2.85. The Labute approximate surface area is 106 Å². The third-order valence-electron chi connectivity index (χ3n) is 2.85. The lowest BCUT2D eigenvalue weighted by Gasteiger charge is -2.19. The third kappa shape index (κ3) is 3.45. The Bertz CT molecular complexity index is 419. The van der Waals surface area contributed by atoms with Crippen LogP contribution in [0, 0.1) is 0 Å². The summed E-state index contributed by atoms with van der Waals surface area (Å²) in [4.78, 5) is 11.0. The summed E-state index contributed by atoms with van der Waals surface area (Å²) < 4.78 is 4.44. The van der Waals surface area contributed by atoms with Gasteiger partial charge in [-0.05, 0) is 18.1 Å². The van der Waals surface area contributed by atoms with Crippen LogP contribution in [0.15, 0.2) is 18.2 Å². The molecule has 0 aliphatic rings. The highest BCUT2D eigenvalue weighted by Gasteiger charge is 2.23. The molecule has 18 heavy (non-hydrogen) atoms. The van der Waals surface area contributed by atoms with Gasteiger partial charge in [0.05, 0.1) is 19.6 Å². The highest BCUT2D eigenvalue weighted by molar-refractivity contribution is 5.70. The van der Waals surface area contributed by atoms with E-state index in [1.165, 1.54) is 7.11 Å². The summed E-state index contributed by atoms with van der Waals surface area (Å²) >= 11 is 0. The maximum absolute atomic E-state index is 11.0. The second-order valence-electron chi connectivity index (χ2n) is 4.11. The number of carbonyl (C=O) groups is 1. The molecule has 100 valence electrons. The van der Waals surface area contributed by atoms with Gasteiger partial charge < -0.3 is 20.7 Å². The largest absolute Gasteiger partial charge is 0.469 e. The van der Waals surface area contributed by atoms with Gasteiger partial charge in [-0.15, -0.1) is 0 Å². The molecule has 5 nitrogen and oxygen atoms in total. The zero-order valence-electron chi connectivity index (χ0n) is 10.6. The van der Waals surface area contributed by atoms with Crippen LogP contribution in [-0.4, -0.2) is 29.4 Å². The summed E-state index contributed by atoms with van der Waals surface area (Å²) in [5.41, 5.74) is 7.59. The summed E-state index contributed by atoms with van der Waals surface area (Å²) in [5, 5.41) is 19.8.